The summed E-state index contributed by atoms with van der Waals surface area (Å²) >= 11 is 0. The van der Waals surface area contributed by atoms with E-state index in [1.54, 1.807) is 60.7 Å². The van der Waals surface area contributed by atoms with Crippen molar-refractivity contribution in [3.8, 4) is 5.75 Å². The molecule has 3 aromatic rings. The molecule has 0 unspecified atom stereocenters. The number of carbonyl (C=O) groups excluding carboxylic acids is 3. The topological polar surface area (TPSA) is 97.6 Å². The molecule has 3 rings (SSSR count). The zero-order valence-corrected chi connectivity index (χ0v) is 14.4. The minimum absolute atomic E-state index is 0.173. The molecule has 7 nitrogen and oxygen atoms in total. The number of ether oxygens (including phenoxy) is 1. The fourth-order valence-electron chi connectivity index (χ4n) is 2.35. The van der Waals surface area contributed by atoms with Gasteiger partial charge in [0.1, 0.15) is 5.75 Å². The highest BCUT2D eigenvalue weighted by Crippen LogP contribution is 2.19. The maximum atomic E-state index is 12.5. The number of carbonyl (C=O) groups is 3. The number of furan rings is 1. The van der Waals surface area contributed by atoms with E-state index in [0.717, 1.165) is 0 Å². The first-order valence-corrected chi connectivity index (χ1v) is 8.06. The number of anilines is 2. The third-order valence-electron chi connectivity index (χ3n) is 3.48. The molecule has 0 spiro atoms. The van der Waals surface area contributed by atoms with Crippen LogP contribution in [0.2, 0.25) is 0 Å². The van der Waals surface area contributed by atoms with Crippen molar-refractivity contribution in [3.05, 3.63) is 78.3 Å². The largest absolute Gasteiger partial charge is 0.459 e. The predicted octanol–water partition coefficient (Wildman–Crippen LogP) is 3.71. The Morgan fingerprint density at radius 1 is 0.852 bits per heavy atom. The molecule has 0 saturated carbocycles. The maximum Gasteiger partial charge on any atom is 0.308 e. The zero-order valence-electron chi connectivity index (χ0n) is 14.4. The van der Waals surface area contributed by atoms with Crippen molar-refractivity contribution in [2.24, 2.45) is 0 Å². The molecular weight excluding hydrogens is 348 g/mol. The molecule has 0 radical (unpaired) electrons. The molecule has 2 aromatic carbocycles. The van der Waals surface area contributed by atoms with Gasteiger partial charge in [-0.1, -0.05) is 12.1 Å². The molecule has 2 N–H and O–H groups in total. The van der Waals surface area contributed by atoms with Gasteiger partial charge in [0.15, 0.2) is 5.76 Å². The van der Waals surface area contributed by atoms with Gasteiger partial charge in [-0.3, -0.25) is 14.4 Å². The Hall–Kier alpha value is -3.87. The van der Waals surface area contributed by atoms with Crippen LogP contribution in [0, 0.1) is 0 Å². The second-order valence-corrected chi connectivity index (χ2v) is 5.59. The number of nitrogens with one attached hydrogen (secondary N) is 2. The van der Waals surface area contributed by atoms with E-state index < -0.39 is 11.9 Å². The maximum absolute atomic E-state index is 12.5. The molecule has 1 aromatic heterocycles. The molecule has 0 saturated heterocycles. The number of esters is 1. The van der Waals surface area contributed by atoms with E-state index in [-0.39, 0.29) is 11.7 Å². The summed E-state index contributed by atoms with van der Waals surface area (Å²) in [5.74, 6) is -0.721. The highest BCUT2D eigenvalue weighted by atomic mass is 16.5. The summed E-state index contributed by atoms with van der Waals surface area (Å²) in [4.78, 5) is 35.5. The van der Waals surface area contributed by atoms with Crippen molar-refractivity contribution in [2.45, 2.75) is 6.92 Å². The van der Waals surface area contributed by atoms with E-state index in [2.05, 4.69) is 10.6 Å². The monoisotopic (exact) mass is 364 g/mol. The van der Waals surface area contributed by atoms with Gasteiger partial charge in [-0.25, -0.2) is 0 Å². The first kappa shape index (κ1) is 17.9. The van der Waals surface area contributed by atoms with Crippen LogP contribution in [0.25, 0.3) is 0 Å². The van der Waals surface area contributed by atoms with Crippen LogP contribution in [0.5, 0.6) is 5.75 Å². The van der Waals surface area contributed by atoms with E-state index in [1.807, 2.05) is 0 Å². The minimum Gasteiger partial charge on any atom is -0.459 e. The standard InChI is InChI=1S/C20H16N2O5/c1-13(23)27-17-8-3-7-16(12-17)21-19(24)14-5-2-6-15(11-14)22-20(25)18-9-4-10-26-18/h2-12H,1H3,(H,21,24)(H,22,25). The molecule has 1 heterocycles. The lowest BCUT2D eigenvalue weighted by atomic mass is 10.1. The van der Waals surface area contributed by atoms with Gasteiger partial charge >= 0.3 is 5.97 Å². The van der Waals surface area contributed by atoms with E-state index in [4.69, 9.17) is 9.15 Å². The Bertz CT molecular complexity index is 980. The Balaban J connectivity index is 1.70. The third kappa shape index (κ3) is 4.82. The summed E-state index contributed by atoms with van der Waals surface area (Å²) < 4.78 is 10.0. The zero-order chi connectivity index (χ0) is 19.2. The number of benzene rings is 2. The third-order valence-corrected chi connectivity index (χ3v) is 3.48. The second-order valence-electron chi connectivity index (χ2n) is 5.59. The van der Waals surface area contributed by atoms with Gasteiger partial charge in [-0.15, -0.1) is 0 Å². The van der Waals surface area contributed by atoms with Gasteiger partial charge in [0.25, 0.3) is 11.8 Å². The Labute approximate surface area is 154 Å². The van der Waals surface area contributed by atoms with Crippen LogP contribution in [-0.2, 0) is 4.79 Å². The van der Waals surface area contributed by atoms with Crippen LogP contribution in [0.1, 0.15) is 27.8 Å². The van der Waals surface area contributed by atoms with Crippen molar-refractivity contribution in [2.75, 3.05) is 10.6 Å². The number of amides is 2. The predicted molar refractivity (Wildman–Crippen MR) is 98.8 cm³/mol. The quantitative estimate of drug-likeness (QED) is 0.531. The lowest BCUT2D eigenvalue weighted by molar-refractivity contribution is -0.131. The normalized spacial score (nSPS) is 10.1. The molecule has 0 aliphatic carbocycles. The van der Waals surface area contributed by atoms with Gasteiger partial charge in [-0.05, 0) is 42.5 Å². The molecule has 0 atom stereocenters. The smallest absolute Gasteiger partial charge is 0.308 e. The van der Waals surface area contributed by atoms with Crippen molar-refractivity contribution in [3.63, 3.8) is 0 Å². The van der Waals surface area contributed by atoms with Crippen LogP contribution in [0.3, 0.4) is 0 Å². The van der Waals surface area contributed by atoms with Crippen LogP contribution in [-0.4, -0.2) is 17.8 Å². The highest BCUT2D eigenvalue weighted by molar-refractivity contribution is 6.06. The van der Waals surface area contributed by atoms with Crippen molar-refractivity contribution >= 4 is 29.2 Å². The summed E-state index contributed by atoms with van der Waals surface area (Å²) in [5, 5.41) is 5.38. The summed E-state index contributed by atoms with van der Waals surface area (Å²) in [6.45, 7) is 1.30. The molecular formula is C20H16N2O5. The second kappa shape index (κ2) is 8.01. The number of rotatable bonds is 5. The molecule has 0 fully saturated rings. The summed E-state index contributed by atoms with van der Waals surface area (Å²) in [5.41, 5.74) is 1.28. The summed E-state index contributed by atoms with van der Waals surface area (Å²) in [6.07, 6.45) is 1.41. The van der Waals surface area contributed by atoms with Gasteiger partial charge < -0.3 is 19.8 Å². The number of hydrogen-bond donors (Lipinski definition) is 2. The molecule has 27 heavy (non-hydrogen) atoms. The summed E-state index contributed by atoms with van der Waals surface area (Å²) in [6, 6.07) is 16.1. The average molecular weight is 364 g/mol. The van der Waals surface area contributed by atoms with E-state index in [1.165, 1.54) is 13.2 Å². The Morgan fingerprint density at radius 3 is 2.26 bits per heavy atom. The van der Waals surface area contributed by atoms with Crippen LogP contribution in [0.4, 0.5) is 11.4 Å². The Morgan fingerprint density at radius 2 is 1.56 bits per heavy atom. The molecule has 0 aliphatic heterocycles. The average Bonchev–Trinajstić information content (AvgIpc) is 3.16. The lowest BCUT2D eigenvalue weighted by Crippen LogP contribution is -2.14. The van der Waals surface area contributed by atoms with Crippen molar-refractivity contribution in [1.82, 2.24) is 0 Å². The highest BCUT2D eigenvalue weighted by Gasteiger charge is 2.11. The van der Waals surface area contributed by atoms with Crippen molar-refractivity contribution < 1.29 is 23.5 Å². The first-order chi connectivity index (χ1) is 13.0. The van der Waals surface area contributed by atoms with E-state index in [0.29, 0.717) is 22.7 Å². The Kier molecular flexibility index (Phi) is 5.32. The fraction of sp³-hybridized carbons (Fsp3) is 0.0500. The molecule has 0 bridgehead atoms. The first-order valence-electron chi connectivity index (χ1n) is 8.06. The van der Waals surface area contributed by atoms with Crippen molar-refractivity contribution in [1.29, 1.82) is 0 Å². The molecule has 136 valence electrons. The van der Waals surface area contributed by atoms with Crippen LogP contribution < -0.4 is 15.4 Å². The van der Waals surface area contributed by atoms with E-state index in [9.17, 15) is 14.4 Å². The van der Waals surface area contributed by atoms with Gasteiger partial charge in [-0.2, -0.15) is 0 Å². The SMILES string of the molecule is CC(=O)Oc1cccc(NC(=O)c2cccc(NC(=O)c3ccco3)c2)c1. The summed E-state index contributed by atoms with van der Waals surface area (Å²) in [7, 11) is 0. The van der Waals surface area contributed by atoms with Gasteiger partial charge in [0.05, 0.1) is 6.26 Å². The van der Waals surface area contributed by atoms with Crippen LogP contribution >= 0.6 is 0 Å². The molecule has 0 aliphatic rings. The number of hydrogen-bond acceptors (Lipinski definition) is 5. The fourth-order valence-corrected chi connectivity index (χ4v) is 2.35. The minimum atomic E-state index is -0.446. The van der Waals surface area contributed by atoms with Gasteiger partial charge in [0, 0.05) is 29.9 Å². The lowest BCUT2D eigenvalue weighted by Gasteiger charge is -2.09. The van der Waals surface area contributed by atoms with Crippen LogP contribution in [0.15, 0.2) is 71.3 Å². The van der Waals surface area contributed by atoms with Gasteiger partial charge in [0.2, 0.25) is 0 Å². The molecule has 7 heteroatoms. The van der Waals surface area contributed by atoms with E-state index >= 15 is 0 Å². The molecule has 2 amide bonds.